The summed E-state index contributed by atoms with van der Waals surface area (Å²) in [6.45, 7) is 9.05. The molecule has 1 saturated heterocycles. The summed E-state index contributed by atoms with van der Waals surface area (Å²) < 4.78 is 5.66. The van der Waals surface area contributed by atoms with Crippen molar-refractivity contribution >= 4 is 5.91 Å². The van der Waals surface area contributed by atoms with Gasteiger partial charge in [-0.25, -0.2) is 0 Å². The Balaban J connectivity index is 2.64. The Morgan fingerprint density at radius 2 is 2.17 bits per heavy atom. The minimum absolute atomic E-state index is 0.137. The van der Waals surface area contributed by atoms with Crippen LogP contribution in [0.25, 0.3) is 0 Å². The molecule has 1 fully saturated rings. The number of nitrogens with zero attached hydrogens (tertiary/aromatic N) is 1. The number of hydrogen-bond donors (Lipinski definition) is 0. The van der Waals surface area contributed by atoms with Crippen molar-refractivity contribution in [2.45, 2.75) is 39.4 Å². The van der Waals surface area contributed by atoms with Crippen LogP contribution in [0.15, 0.2) is 0 Å². The lowest BCUT2D eigenvalue weighted by Gasteiger charge is -2.41. The van der Waals surface area contributed by atoms with Gasteiger partial charge < -0.3 is 9.64 Å². The summed E-state index contributed by atoms with van der Waals surface area (Å²) in [5, 5.41) is 0. The van der Waals surface area contributed by atoms with Crippen LogP contribution in [0.5, 0.6) is 0 Å². The van der Waals surface area contributed by atoms with Gasteiger partial charge in [0.25, 0.3) is 0 Å². The van der Waals surface area contributed by atoms with Crippen LogP contribution >= 0.6 is 0 Å². The molecule has 1 aliphatic heterocycles. The maximum atomic E-state index is 11.1. The van der Waals surface area contributed by atoms with Gasteiger partial charge in [0.05, 0.1) is 11.7 Å². The fourth-order valence-electron chi connectivity index (χ4n) is 1.69. The molecule has 1 aliphatic rings. The third-order valence-corrected chi connectivity index (χ3v) is 2.01. The molecule has 0 aromatic carbocycles. The maximum absolute atomic E-state index is 11.1. The second-order valence-corrected chi connectivity index (χ2v) is 4.09. The van der Waals surface area contributed by atoms with Crippen molar-refractivity contribution in [2.75, 3.05) is 13.1 Å². The Labute approximate surface area is 73.7 Å². The van der Waals surface area contributed by atoms with E-state index in [0.29, 0.717) is 6.54 Å². The van der Waals surface area contributed by atoms with Crippen molar-refractivity contribution in [1.82, 2.24) is 4.90 Å². The van der Waals surface area contributed by atoms with Gasteiger partial charge in [-0.2, -0.15) is 0 Å². The summed E-state index contributed by atoms with van der Waals surface area (Å²) in [6.07, 6.45) is 0.151. The van der Waals surface area contributed by atoms with Crippen LogP contribution in [0.4, 0.5) is 0 Å². The maximum Gasteiger partial charge on any atom is 0.219 e. The molecule has 70 valence electrons. The van der Waals surface area contributed by atoms with E-state index in [9.17, 15) is 4.79 Å². The molecule has 0 spiro atoms. The Kier molecular flexibility index (Phi) is 2.42. The normalized spacial score (nSPS) is 28.7. The van der Waals surface area contributed by atoms with Gasteiger partial charge in [0, 0.05) is 20.0 Å². The predicted molar refractivity (Wildman–Crippen MR) is 46.9 cm³/mol. The average Bonchev–Trinajstić information content (AvgIpc) is 1.82. The molecule has 12 heavy (non-hydrogen) atoms. The van der Waals surface area contributed by atoms with Crippen LogP contribution in [0, 0.1) is 0 Å². The third-order valence-electron chi connectivity index (χ3n) is 2.01. The minimum atomic E-state index is -0.191. The molecule has 1 unspecified atom stereocenters. The van der Waals surface area contributed by atoms with E-state index in [1.807, 2.05) is 25.7 Å². The molecular formula is C9H17NO2. The van der Waals surface area contributed by atoms with Crippen molar-refractivity contribution in [2.24, 2.45) is 0 Å². The van der Waals surface area contributed by atoms with Crippen LogP contribution in [-0.2, 0) is 9.53 Å². The molecule has 0 saturated carbocycles. The van der Waals surface area contributed by atoms with Gasteiger partial charge in [-0.3, -0.25) is 4.79 Å². The number of hydrogen-bond acceptors (Lipinski definition) is 2. The van der Waals surface area contributed by atoms with Gasteiger partial charge in [0.2, 0.25) is 5.91 Å². The van der Waals surface area contributed by atoms with Gasteiger partial charge >= 0.3 is 0 Å². The molecule has 3 nitrogen and oxygen atoms in total. The molecule has 0 aromatic heterocycles. The van der Waals surface area contributed by atoms with Crippen molar-refractivity contribution in [3.05, 3.63) is 0 Å². The highest BCUT2D eigenvalue weighted by molar-refractivity contribution is 5.73. The minimum Gasteiger partial charge on any atom is -0.369 e. The highest BCUT2D eigenvalue weighted by atomic mass is 16.5. The fraction of sp³-hybridized carbons (Fsp3) is 0.889. The zero-order chi connectivity index (χ0) is 9.35. The summed E-state index contributed by atoms with van der Waals surface area (Å²) in [7, 11) is 0. The van der Waals surface area contributed by atoms with E-state index in [4.69, 9.17) is 4.74 Å². The first-order chi connectivity index (χ1) is 5.41. The van der Waals surface area contributed by atoms with Crippen molar-refractivity contribution in [3.8, 4) is 0 Å². The first kappa shape index (κ1) is 9.52. The van der Waals surface area contributed by atoms with Crippen LogP contribution in [0.3, 0.4) is 0 Å². The summed E-state index contributed by atoms with van der Waals surface area (Å²) in [5.74, 6) is 0.137. The topological polar surface area (TPSA) is 29.5 Å². The SMILES string of the molecule is CC(=O)N1CC(C)OC(C)(C)C1. The molecule has 0 bridgehead atoms. The van der Waals surface area contributed by atoms with Gasteiger partial charge in [-0.15, -0.1) is 0 Å². The van der Waals surface area contributed by atoms with Crippen LogP contribution in [0.1, 0.15) is 27.7 Å². The van der Waals surface area contributed by atoms with Gasteiger partial charge in [0.1, 0.15) is 0 Å². The smallest absolute Gasteiger partial charge is 0.219 e. The molecule has 1 amide bonds. The third kappa shape index (κ3) is 2.21. The number of amides is 1. The van der Waals surface area contributed by atoms with E-state index in [0.717, 1.165) is 6.54 Å². The monoisotopic (exact) mass is 171 g/mol. The highest BCUT2D eigenvalue weighted by Crippen LogP contribution is 2.20. The zero-order valence-electron chi connectivity index (χ0n) is 8.26. The van der Waals surface area contributed by atoms with E-state index in [1.54, 1.807) is 6.92 Å². The van der Waals surface area contributed by atoms with Crippen molar-refractivity contribution in [3.63, 3.8) is 0 Å². The number of carbonyl (C=O) groups is 1. The largest absolute Gasteiger partial charge is 0.369 e. The van der Waals surface area contributed by atoms with E-state index < -0.39 is 0 Å². The van der Waals surface area contributed by atoms with E-state index in [2.05, 4.69) is 0 Å². The molecule has 3 heteroatoms. The average molecular weight is 171 g/mol. The summed E-state index contributed by atoms with van der Waals surface area (Å²) >= 11 is 0. The molecule has 0 aliphatic carbocycles. The number of ether oxygens (including phenoxy) is 1. The first-order valence-electron chi connectivity index (χ1n) is 4.34. The van der Waals surface area contributed by atoms with Crippen molar-refractivity contribution in [1.29, 1.82) is 0 Å². The van der Waals surface area contributed by atoms with Crippen LogP contribution < -0.4 is 0 Å². The molecular weight excluding hydrogens is 154 g/mol. The second-order valence-electron chi connectivity index (χ2n) is 4.09. The standard InChI is InChI=1S/C9H17NO2/c1-7-5-10(8(2)11)6-9(3,4)12-7/h7H,5-6H2,1-4H3. The number of morpholine rings is 1. The lowest BCUT2D eigenvalue weighted by Crippen LogP contribution is -2.53. The highest BCUT2D eigenvalue weighted by Gasteiger charge is 2.32. The van der Waals surface area contributed by atoms with E-state index in [1.165, 1.54) is 0 Å². The molecule has 0 aromatic rings. The quantitative estimate of drug-likeness (QED) is 0.545. The lowest BCUT2D eigenvalue weighted by molar-refractivity contribution is -0.156. The Morgan fingerprint density at radius 3 is 2.58 bits per heavy atom. The molecule has 1 heterocycles. The van der Waals surface area contributed by atoms with Crippen molar-refractivity contribution < 1.29 is 9.53 Å². The Bertz CT molecular complexity index is 189. The van der Waals surface area contributed by atoms with Gasteiger partial charge in [-0.05, 0) is 20.8 Å². The lowest BCUT2D eigenvalue weighted by atomic mass is 10.1. The number of carbonyl (C=O) groups excluding carboxylic acids is 1. The summed E-state index contributed by atoms with van der Waals surface area (Å²) in [6, 6.07) is 0. The zero-order valence-corrected chi connectivity index (χ0v) is 8.26. The summed E-state index contributed by atoms with van der Waals surface area (Å²) in [4.78, 5) is 12.9. The Hall–Kier alpha value is -0.570. The first-order valence-corrected chi connectivity index (χ1v) is 4.34. The van der Waals surface area contributed by atoms with Crippen LogP contribution in [-0.4, -0.2) is 35.6 Å². The summed E-state index contributed by atoms with van der Waals surface area (Å²) in [5.41, 5.74) is -0.191. The second kappa shape index (κ2) is 3.05. The van der Waals surface area contributed by atoms with E-state index in [-0.39, 0.29) is 17.6 Å². The molecule has 0 N–H and O–H groups in total. The molecule has 1 rings (SSSR count). The fourth-order valence-corrected chi connectivity index (χ4v) is 1.69. The van der Waals surface area contributed by atoms with Gasteiger partial charge in [-0.1, -0.05) is 0 Å². The van der Waals surface area contributed by atoms with Gasteiger partial charge in [0.15, 0.2) is 0 Å². The predicted octanol–water partition coefficient (Wildman–Crippen LogP) is 1.03. The Morgan fingerprint density at radius 1 is 1.58 bits per heavy atom. The number of rotatable bonds is 0. The van der Waals surface area contributed by atoms with E-state index >= 15 is 0 Å². The van der Waals surface area contributed by atoms with Crippen LogP contribution in [0.2, 0.25) is 0 Å². The molecule has 1 atom stereocenters. The molecule has 0 radical (unpaired) electrons.